The summed E-state index contributed by atoms with van der Waals surface area (Å²) in [5.41, 5.74) is 3.64. The number of aromatic nitrogens is 2. The number of methoxy groups -OCH3 is 1. The highest BCUT2D eigenvalue weighted by molar-refractivity contribution is 6.09. The Bertz CT molecular complexity index is 722. The second-order valence-corrected chi connectivity index (χ2v) is 4.29. The van der Waals surface area contributed by atoms with Crippen LogP contribution in [0.5, 0.6) is 5.75 Å². The largest absolute Gasteiger partial charge is 0.497 e. The van der Waals surface area contributed by atoms with Gasteiger partial charge in [-0.1, -0.05) is 0 Å². The number of rotatable bonds is 1. The molecule has 5 heteroatoms. The summed E-state index contributed by atoms with van der Waals surface area (Å²) >= 11 is 0. The van der Waals surface area contributed by atoms with E-state index in [4.69, 9.17) is 4.74 Å². The Labute approximate surface area is 124 Å². The fraction of sp³-hybridized carbons (Fsp3) is 0.214. The van der Waals surface area contributed by atoms with E-state index in [0.29, 0.717) is 0 Å². The first-order chi connectivity index (χ1) is 8.22. The van der Waals surface area contributed by atoms with Crippen molar-refractivity contribution in [3.8, 4) is 5.75 Å². The zero-order chi connectivity index (χ0) is 12.0. The summed E-state index contributed by atoms with van der Waals surface area (Å²) in [6, 6.07) is 6.15. The van der Waals surface area contributed by atoms with Crippen molar-refractivity contribution < 1.29 is 4.74 Å². The molecule has 2 heterocycles. The summed E-state index contributed by atoms with van der Waals surface area (Å²) < 4.78 is 7.49. The number of fused-ring (bicyclic) bond motifs is 3. The number of ether oxygens (including phenoxy) is 1. The van der Waals surface area contributed by atoms with Crippen LogP contribution in [0.3, 0.4) is 0 Å². The molecule has 2 aromatic heterocycles. The highest BCUT2D eigenvalue weighted by Gasteiger charge is 2.10. The molecule has 1 aromatic carbocycles. The van der Waals surface area contributed by atoms with Gasteiger partial charge in [0.05, 0.1) is 12.6 Å². The van der Waals surface area contributed by atoms with E-state index in [1.165, 1.54) is 27.4 Å². The monoisotopic (exact) mass is 298 g/mol. The molecule has 102 valence electrons. The Morgan fingerprint density at radius 3 is 2.53 bits per heavy atom. The molecule has 0 spiro atoms. The third kappa shape index (κ3) is 2.24. The van der Waals surface area contributed by atoms with Gasteiger partial charge in [-0.25, -0.2) is 0 Å². The van der Waals surface area contributed by atoms with E-state index in [1.54, 1.807) is 7.11 Å². The van der Waals surface area contributed by atoms with E-state index < -0.39 is 0 Å². The normalized spacial score (nSPS) is 10.1. The van der Waals surface area contributed by atoms with Crippen LogP contribution in [0, 0.1) is 6.92 Å². The molecule has 0 amide bonds. The van der Waals surface area contributed by atoms with Crippen molar-refractivity contribution in [3.05, 3.63) is 36.2 Å². The Morgan fingerprint density at radius 2 is 1.84 bits per heavy atom. The fourth-order valence-corrected chi connectivity index (χ4v) is 2.47. The molecular weight excluding hydrogens is 283 g/mol. The molecule has 0 aliphatic heterocycles. The molecule has 0 N–H and O–H groups in total. The van der Waals surface area contributed by atoms with Crippen LogP contribution in [0.15, 0.2) is 30.6 Å². The van der Waals surface area contributed by atoms with Crippen LogP contribution in [0.1, 0.15) is 5.56 Å². The Balaban J connectivity index is 0.000000902. The first-order valence-corrected chi connectivity index (χ1v) is 5.59. The third-order valence-electron chi connectivity index (χ3n) is 3.29. The van der Waals surface area contributed by atoms with Crippen LogP contribution < -0.4 is 4.74 Å². The van der Waals surface area contributed by atoms with E-state index in [0.717, 1.165) is 5.75 Å². The number of halogens is 2. The Morgan fingerprint density at radius 1 is 1.11 bits per heavy atom. The van der Waals surface area contributed by atoms with E-state index >= 15 is 0 Å². The zero-order valence-electron chi connectivity index (χ0n) is 11.0. The second kappa shape index (κ2) is 5.68. The Kier molecular flexibility index (Phi) is 4.66. The minimum Gasteiger partial charge on any atom is -0.497 e. The molecule has 0 radical (unpaired) electrons. The first-order valence-electron chi connectivity index (χ1n) is 5.59. The maximum absolute atomic E-state index is 5.28. The van der Waals surface area contributed by atoms with Crippen LogP contribution in [0.4, 0.5) is 0 Å². The van der Waals surface area contributed by atoms with Crippen molar-refractivity contribution >= 4 is 46.6 Å². The third-order valence-corrected chi connectivity index (χ3v) is 3.29. The van der Waals surface area contributed by atoms with Gasteiger partial charge in [0.25, 0.3) is 0 Å². The first kappa shape index (κ1) is 15.6. The van der Waals surface area contributed by atoms with E-state index in [9.17, 15) is 0 Å². The van der Waals surface area contributed by atoms with Gasteiger partial charge in [-0.3, -0.25) is 4.98 Å². The number of hydrogen-bond donors (Lipinski definition) is 0. The summed E-state index contributed by atoms with van der Waals surface area (Å²) in [6.45, 7) is 2.09. The summed E-state index contributed by atoms with van der Waals surface area (Å²) in [5.74, 6) is 0.881. The van der Waals surface area contributed by atoms with Crippen molar-refractivity contribution in [2.24, 2.45) is 7.05 Å². The molecule has 0 fully saturated rings. The predicted molar refractivity (Wildman–Crippen MR) is 84.0 cm³/mol. The molecule has 0 saturated heterocycles. The lowest BCUT2D eigenvalue weighted by molar-refractivity contribution is 0.415. The highest BCUT2D eigenvalue weighted by atomic mass is 35.5. The van der Waals surface area contributed by atoms with Gasteiger partial charge in [-0.15, -0.1) is 24.8 Å². The molecule has 19 heavy (non-hydrogen) atoms. The molecule has 0 aliphatic rings. The molecular formula is C14H16Cl2N2O. The van der Waals surface area contributed by atoms with Gasteiger partial charge in [-0.2, -0.15) is 0 Å². The maximum atomic E-state index is 5.28. The van der Waals surface area contributed by atoms with Crippen LogP contribution in [-0.2, 0) is 7.05 Å². The zero-order valence-corrected chi connectivity index (χ0v) is 12.6. The summed E-state index contributed by atoms with van der Waals surface area (Å²) in [6.07, 6.45) is 3.82. The standard InChI is InChI=1S/C14H14N2O.2ClH/c1-9-7-15-8-12-11-6-10(17-3)4-5-13(11)16(2)14(9)12;;/h4-8H,1-3H3;2*1H. The average Bonchev–Trinajstić information content (AvgIpc) is 2.64. The van der Waals surface area contributed by atoms with Crippen molar-refractivity contribution in [1.29, 1.82) is 0 Å². The van der Waals surface area contributed by atoms with Gasteiger partial charge in [0, 0.05) is 35.7 Å². The molecule has 0 saturated carbocycles. The Hall–Kier alpha value is -1.45. The van der Waals surface area contributed by atoms with Crippen molar-refractivity contribution in [1.82, 2.24) is 9.55 Å². The van der Waals surface area contributed by atoms with E-state index in [-0.39, 0.29) is 24.8 Å². The van der Waals surface area contributed by atoms with Gasteiger partial charge < -0.3 is 9.30 Å². The van der Waals surface area contributed by atoms with Crippen molar-refractivity contribution in [2.75, 3.05) is 7.11 Å². The van der Waals surface area contributed by atoms with E-state index in [1.807, 2.05) is 18.5 Å². The molecule has 3 rings (SSSR count). The molecule has 0 atom stereocenters. The van der Waals surface area contributed by atoms with E-state index in [2.05, 4.69) is 35.7 Å². The number of aryl methyl sites for hydroxylation is 2. The lowest BCUT2D eigenvalue weighted by Crippen LogP contribution is -1.89. The van der Waals surface area contributed by atoms with Gasteiger partial charge in [-0.05, 0) is 30.7 Å². The predicted octanol–water partition coefficient (Wildman–Crippen LogP) is 3.89. The molecule has 3 aromatic rings. The van der Waals surface area contributed by atoms with Crippen LogP contribution in [0.2, 0.25) is 0 Å². The van der Waals surface area contributed by atoms with Gasteiger partial charge >= 0.3 is 0 Å². The van der Waals surface area contributed by atoms with Gasteiger partial charge in [0.15, 0.2) is 0 Å². The van der Waals surface area contributed by atoms with Crippen LogP contribution in [-0.4, -0.2) is 16.7 Å². The minimum absolute atomic E-state index is 0. The number of hydrogen-bond acceptors (Lipinski definition) is 2. The number of pyridine rings is 1. The maximum Gasteiger partial charge on any atom is 0.119 e. The summed E-state index contributed by atoms with van der Waals surface area (Å²) in [5, 5.41) is 2.37. The lowest BCUT2D eigenvalue weighted by atomic mass is 10.1. The quantitative estimate of drug-likeness (QED) is 0.681. The summed E-state index contributed by atoms with van der Waals surface area (Å²) in [4.78, 5) is 4.28. The van der Waals surface area contributed by atoms with Gasteiger partial charge in [0.2, 0.25) is 0 Å². The van der Waals surface area contributed by atoms with Crippen molar-refractivity contribution in [2.45, 2.75) is 6.92 Å². The average molecular weight is 299 g/mol. The number of nitrogens with zero attached hydrogens (tertiary/aromatic N) is 2. The molecule has 0 bridgehead atoms. The number of benzene rings is 1. The highest BCUT2D eigenvalue weighted by Crippen LogP contribution is 2.31. The second-order valence-electron chi connectivity index (χ2n) is 4.29. The fourth-order valence-electron chi connectivity index (χ4n) is 2.47. The smallest absolute Gasteiger partial charge is 0.119 e. The van der Waals surface area contributed by atoms with Crippen molar-refractivity contribution in [3.63, 3.8) is 0 Å². The molecule has 0 unspecified atom stereocenters. The van der Waals surface area contributed by atoms with Crippen LogP contribution >= 0.6 is 24.8 Å². The topological polar surface area (TPSA) is 27.1 Å². The minimum atomic E-state index is 0. The van der Waals surface area contributed by atoms with Gasteiger partial charge in [0.1, 0.15) is 5.75 Å². The molecule has 3 nitrogen and oxygen atoms in total. The lowest BCUT2D eigenvalue weighted by Gasteiger charge is -2.01. The van der Waals surface area contributed by atoms with Crippen LogP contribution in [0.25, 0.3) is 21.8 Å². The SMILES string of the molecule is COc1ccc2c(c1)c1cncc(C)c1n2C.Cl.Cl. The molecule has 0 aliphatic carbocycles. The summed E-state index contributed by atoms with van der Waals surface area (Å²) in [7, 11) is 3.78.